The van der Waals surface area contributed by atoms with Crippen LogP contribution in [0.4, 0.5) is 0 Å². The number of nitrogens with one attached hydrogen (secondary N) is 2. The van der Waals surface area contributed by atoms with Crippen molar-refractivity contribution < 1.29 is 13.2 Å². The van der Waals surface area contributed by atoms with Gasteiger partial charge in [-0.15, -0.1) is 0 Å². The fourth-order valence-electron chi connectivity index (χ4n) is 2.04. The lowest BCUT2D eigenvalue weighted by Gasteiger charge is -2.13. The summed E-state index contributed by atoms with van der Waals surface area (Å²) in [4.78, 5) is 16.5. The number of aromatic nitrogens is 1. The second-order valence-electron chi connectivity index (χ2n) is 4.98. The van der Waals surface area contributed by atoms with Crippen LogP contribution in [0, 0.1) is 0 Å². The van der Waals surface area contributed by atoms with Crippen LogP contribution < -0.4 is 10.0 Å². The van der Waals surface area contributed by atoms with Crippen molar-refractivity contribution in [1.82, 2.24) is 15.0 Å². The molecule has 1 aromatic heterocycles. The number of sulfonamides is 1. The molecule has 0 radical (unpaired) electrons. The summed E-state index contributed by atoms with van der Waals surface area (Å²) >= 11 is 0. The van der Waals surface area contributed by atoms with E-state index in [0.29, 0.717) is 12.1 Å². The molecule has 1 heterocycles. The minimum absolute atomic E-state index is 0.133. The number of hydrogen-bond donors (Lipinski definition) is 2. The highest BCUT2D eigenvalue weighted by atomic mass is 32.2. The zero-order valence-corrected chi connectivity index (χ0v) is 13.8. The molecule has 2 rings (SSSR count). The van der Waals surface area contributed by atoms with Crippen LogP contribution in [0.25, 0.3) is 0 Å². The number of benzene rings is 1. The zero-order chi connectivity index (χ0) is 16.9. The third kappa shape index (κ3) is 4.37. The molecule has 122 valence electrons. The van der Waals surface area contributed by atoms with Crippen molar-refractivity contribution in [3.63, 3.8) is 0 Å². The Balaban J connectivity index is 2.09. The molecule has 0 aliphatic carbocycles. The molecule has 0 aliphatic rings. The third-order valence-electron chi connectivity index (χ3n) is 3.24. The maximum absolute atomic E-state index is 12.2. The van der Waals surface area contributed by atoms with E-state index in [-0.39, 0.29) is 16.8 Å². The summed E-state index contributed by atoms with van der Waals surface area (Å²) in [6.45, 7) is 3.86. The lowest BCUT2D eigenvalue weighted by atomic mass is 10.1. The number of amides is 1. The lowest BCUT2D eigenvalue weighted by molar-refractivity contribution is 0.0939. The quantitative estimate of drug-likeness (QED) is 0.845. The molecule has 0 saturated heterocycles. The topological polar surface area (TPSA) is 88.2 Å². The van der Waals surface area contributed by atoms with Gasteiger partial charge in [-0.2, -0.15) is 0 Å². The summed E-state index contributed by atoms with van der Waals surface area (Å²) in [5.74, 6) is -0.282. The summed E-state index contributed by atoms with van der Waals surface area (Å²) in [7, 11) is -3.51. The molecular formula is C16H19N3O3S. The molecule has 0 spiro atoms. The van der Waals surface area contributed by atoms with E-state index >= 15 is 0 Å². The van der Waals surface area contributed by atoms with Gasteiger partial charge < -0.3 is 5.32 Å². The number of carbonyl (C=O) groups is 1. The molecular weight excluding hydrogens is 314 g/mol. The SMILES string of the molecule is CCNS(=O)(=O)c1ccc(C(=O)NC(C)c2ccccn2)cc1. The van der Waals surface area contributed by atoms with Gasteiger partial charge in [0, 0.05) is 18.3 Å². The summed E-state index contributed by atoms with van der Waals surface area (Å²) in [6, 6.07) is 11.1. The van der Waals surface area contributed by atoms with Crippen LogP contribution in [0.1, 0.15) is 35.9 Å². The van der Waals surface area contributed by atoms with Gasteiger partial charge in [-0.25, -0.2) is 13.1 Å². The smallest absolute Gasteiger partial charge is 0.251 e. The number of hydrogen-bond acceptors (Lipinski definition) is 4. The molecule has 1 aromatic carbocycles. The van der Waals surface area contributed by atoms with Gasteiger partial charge in [0.1, 0.15) is 0 Å². The summed E-state index contributed by atoms with van der Waals surface area (Å²) in [5, 5.41) is 2.83. The second-order valence-corrected chi connectivity index (χ2v) is 6.74. The molecule has 1 atom stereocenters. The molecule has 6 nitrogen and oxygen atoms in total. The van der Waals surface area contributed by atoms with Crippen LogP contribution in [0.15, 0.2) is 53.6 Å². The zero-order valence-electron chi connectivity index (χ0n) is 13.0. The van der Waals surface area contributed by atoms with Gasteiger partial charge in [-0.1, -0.05) is 13.0 Å². The average Bonchev–Trinajstić information content (AvgIpc) is 2.55. The van der Waals surface area contributed by atoms with Gasteiger partial charge in [0.05, 0.1) is 16.6 Å². The largest absolute Gasteiger partial charge is 0.344 e. The van der Waals surface area contributed by atoms with Gasteiger partial charge in [0.25, 0.3) is 5.91 Å². The molecule has 0 fully saturated rings. The number of pyridine rings is 1. The van der Waals surface area contributed by atoms with E-state index in [1.165, 1.54) is 24.3 Å². The third-order valence-corrected chi connectivity index (χ3v) is 4.80. The molecule has 7 heteroatoms. The molecule has 23 heavy (non-hydrogen) atoms. The van der Waals surface area contributed by atoms with Crippen molar-refractivity contribution >= 4 is 15.9 Å². The van der Waals surface area contributed by atoms with Gasteiger partial charge in [0.15, 0.2) is 0 Å². The highest BCUT2D eigenvalue weighted by Crippen LogP contribution is 2.13. The average molecular weight is 333 g/mol. The lowest BCUT2D eigenvalue weighted by Crippen LogP contribution is -2.27. The van der Waals surface area contributed by atoms with Crippen molar-refractivity contribution in [2.45, 2.75) is 24.8 Å². The fourth-order valence-corrected chi connectivity index (χ4v) is 3.09. The van der Waals surface area contributed by atoms with Crippen LogP contribution in [0.3, 0.4) is 0 Å². The molecule has 0 aliphatic heterocycles. The van der Waals surface area contributed by atoms with E-state index in [4.69, 9.17) is 0 Å². The maximum Gasteiger partial charge on any atom is 0.251 e. The summed E-state index contributed by atoms with van der Waals surface area (Å²) in [6.07, 6.45) is 1.67. The summed E-state index contributed by atoms with van der Waals surface area (Å²) in [5.41, 5.74) is 1.15. The Morgan fingerprint density at radius 2 is 1.87 bits per heavy atom. The Morgan fingerprint density at radius 3 is 2.43 bits per heavy atom. The van der Waals surface area contributed by atoms with E-state index < -0.39 is 10.0 Å². The first-order valence-electron chi connectivity index (χ1n) is 7.25. The minimum Gasteiger partial charge on any atom is -0.344 e. The van der Waals surface area contributed by atoms with E-state index in [9.17, 15) is 13.2 Å². The first-order chi connectivity index (χ1) is 10.9. The number of carbonyl (C=O) groups excluding carboxylic acids is 1. The van der Waals surface area contributed by atoms with Crippen molar-refractivity contribution in [1.29, 1.82) is 0 Å². The van der Waals surface area contributed by atoms with E-state index in [1.54, 1.807) is 13.1 Å². The van der Waals surface area contributed by atoms with Crippen LogP contribution in [-0.4, -0.2) is 25.9 Å². The van der Waals surface area contributed by atoms with Crippen LogP contribution in [-0.2, 0) is 10.0 Å². The van der Waals surface area contributed by atoms with Gasteiger partial charge in [-0.3, -0.25) is 9.78 Å². The van der Waals surface area contributed by atoms with Gasteiger partial charge in [-0.05, 0) is 43.3 Å². The molecule has 0 bridgehead atoms. The van der Waals surface area contributed by atoms with Crippen LogP contribution >= 0.6 is 0 Å². The molecule has 0 saturated carbocycles. The number of nitrogens with zero attached hydrogens (tertiary/aromatic N) is 1. The van der Waals surface area contributed by atoms with Crippen molar-refractivity contribution in [2.75, 3.05) is 6.54 Å². The molecule has 2 N–H and O–H groups in total. The van der Waals surface area contributed by atoms with E-state index in [0.717, 1.165) is 5.69 Å². The Morgan fingerprint density at radius 1 is 1.17 bits per heavy atom. The molecule has 1 amide bonds. The molecule has 2 aromatic rings. The Labute approximate surface area is 136 Å². The summed E-state index contributed by atoms with van der Waals surface area (Å²) < 4.78 is 26.1. The predicted molar refractivity (Wildman–Crippen MR) is 87.4 cm³/mol. The monoisotopic (exact) mass is 333 g/mol. The molecule has 1 unspecified atom stereocenters. The van der Waals surface area contributed by atoms with Crippen molar-refractivity contribution in [3.8, 4) is 0 Å². The van der Waals surface area contributed by atoms with Crippen molar-refractivity contribution in [3.05, 3.63) is 59.9 Å². The van der Waals surface area contributed by atoms with Gasteiger partial charge in [0.2, 0.25) is 10.0 Å². The number of rotatable bonds is 6. The van der Waals surface area contributed by atoms with Crippen LogP contribution in [0.2, 0.25) is 0 Å². The Hall–Kier alpha value is -2.25. The second kappa shape index (κ2) is 7.34. The van der Waals surface area contributed by atoms with E-state index in [2.05, 4.69) is 15.0 Å². The highest BCUT2D eigenvalue weighted by Gasteiger charge is 2.15. The Kier molecular flexibility index (Phi) is 5.46. The fraction of sp³-hybridized carbons (Fsp3) is 0.250. The maximum atomic E-state index is 12.2. The van der Waals surface area contributed by atoms with E-state index in [1.807, 2.05) is 25.1 Å². The highest BCUT2D eigenvalue weighted by molar-refractivity contribution is 7.89. The minimum atomic E-state index is -3.51. The standard InChI is InChI=1S/C16H19N3O3S/c1-3-18-23(21,22)14-9-7-13(8-10-14)16(20)19-12(2)15-6-4-5-11-17-15/h4-12,18H,3H2,1-2H3,(H,19,20). The van der Waals surface area contributed by atoms with Gasteiger partial charge >= 0.3 is 0 Å². The first kappa shape index (κ1) is 17.1. The van der Waals surface area contributed by atoms with Crippen molar-refractivity contribution in [2.24, 2.45) is 0 Å². The van der Waals surface area contributed by atoms with Crippen LogP contribution in [0.5, 0.6) is 0 Å². The first-order valence-corrected chi connectivity index (χ1v) is 8.74. The normalized spacial score (nSPS) is 12.6. The Bertz CT molecular complexity index is 759. The predicted octanol–water partition coefficient (Wildman–Crippen LogP) is 1.87.